The number of aliphatic carboxylic acids is 2. The maximum atomic E-state index is 10.6. The molecule has 0 aromatic rings. The molecule has 0 unspecified atom stereocenters. The topological polar surface area (TPSA) is 74.6 Å². The monoisotopic (exact) mass is 214 g/mol. The molecule has 0 saturated heterocycles. The van der Waals surface area contributed by atoms with Crippen LogP contribution in [-0.4, -0.2) is 22.2 Å². The molecule has 4 nitrogen and oxygen atoms in total. The van der Waals surface area contributed by atoms with Crippen LogP contribution in [0.25, 0.3) is 0 Å². The largest absolute Gasteiger partial charge is 0.481 e. The fourth-order valence-corrected chi connectivity index (χ4v) is 1.25. The van der Waals surface area contributed by atoms with E-state index in [9.17, 15) is 9.59 Å². The van der Waals surface area contributed by atoms with Crippen LogP contribution in [0.15, 0.2) is 11.6 Å². The highest BCUT2D eigenvalue weighted by atomic mass is 16.4. The third kappa shape index (κ3) is 7.73. The Balaban J connectivity index is 3.96. The maximum Gasteiger partial charge on any atom is 0.331 e. The second-order valence-corrected chi connectivity index (χ2v) is 3.45. The van der Waals surface area contributed by atoms with E-state index in [0.29, 0.717) is 6.42 Å². The van der Waals surface area contributed by atoms with Gasteiger partial charge in [0.05, 0.1) is 6.42 Å². The van der Waals surface area contributed by atoms with Crippen molar-refractivity contribution in [3.63, 3.8) is 0 Å². The number of carboxylic acid groups (broad SMARTS) is 2. The fourth-order valence-electron chi connectivity index (χ4n) is 1.25. The summed E-state index contributed by atoms with van der Waals surface area (Å²) in [5.74, 6) is -2.23. The molecule has 0 heterocycles. The van der Waals surface area contributed by atoms with E-state index in [0.717, 1.165) is 25.7 Å². The molecule has 4 heteroatoms. The van der Waals surface area contributed by atoms with Gasteiger partial charge in [0.25, 0.3) is 0 Å². The van der Waals surface area contributed by atoms with E-state index in [4.69, 9.17) is 10.2 Å². The Morgan fingerprint density at radius 1 is 1.13 bits per heavy atom. The number of carbonyl (C=O) groups is 2. The minimum Gasteiger partial charge on any atom is -0.481 e. The van der Waals surface area contributed by atoms with Crippen LogP contribution in [0.3, 0.4) is 0 Å². The molecule has 0 amide bonds. The molecular formula is C11H18O4. The van der Waals surface area contributed by atoms with Crippen LogP contribution in [0.4, 0.5) is 0 Å². The first kappa shape index (κ1) is 13.7. The van der Waals surface area contributed by atoms with Crippen LogP contribution in [0.5, 0.6) is 0 Å². The highest BCUT2D eigenvalue weighted by molar-refractivity contribution is 5.91. The summed E-state index contributed by atoms with van der Waals surface area (Å²) in [5.41, 5.74) is -0.0148. The van der Waals surface area contributed by atoms with Crippen LogP contribution in [0, 0.1) is 0 Å². The fraction of sp³-hybridized carbons (Fsp3) is 0.636. The average molecular weight is 214 g/mol. The van der Waals surface area contributed by atoms with Crippen LogP contribution >= 0.6 is 0 Å². The average Bonchev–Trinajstić information content (AvgIpc) is 2.15. The van der Waals surface area contributed by atoms with E-state index in [-0.39, 0.29) is 5.57 Å². The summed E-state index contributed by atoms with van der Waals surface area (Å²) >= 11 is 0. The minimum atomic E-state index is -1.13. The summed E-state index contributed by atoms with van der Waals surface area (Å²) in [6.45, 7) is 2.10. The first-order valence-corrected chi connectivity index (χ1v) is 5.22. The Kier molecular flexibility index (Phi) is 7.32. The van der Waals surface area contributed by atoms with E-state index in [1.54, 1.807) is 0 Å². The zero-order valence-corrected chi connectivity index (χ0v) is 9.03. The minimum absolute atomic E-state index is 0.0148. The molecule has 0 aromatic carbocycles. The molecule has 0 spiro atoms. The van der Waals surface area contributed by atoms with Crippen LogP contribution in [0.1, 0.15) is 45.4 Å². The van der Waals surface area contributed by atoms with Crippen molar-refractivity contribution in [1.82, 2.24) is 0 Å². The molecule has 0 radical (unpaired) electrons. The van der Waals surface area contributed by atoms with E-state index in [1.165, 1.54) is 6.08 Å². The zero-order chi connectivity index (χ0) is 11.7. The predicted octanol–water partition coefficient (Wildman–Crippen LogP) is 2.44. The van der Waals surface area contributed by atoms with Crippen molar-refractivity contribution in [2.24, 2.45) is 0 Å². The van der Waals surface area contributed by atoms with Gasteiger partial charge in [-0.3, -0.25) is 4.79 Å². The molecule has 0 atom stereocenters. The highest BCUT2D eigenvalue weighted by Crippen LogP contribution is 2.08. The van der Waals surface area contributed by atoms with Gasteiger partial charge in [0.1, 0.15) is 0 Å². The van der Waals surface area contributed by atoms with Gasteiger partial charge in [0.2, 0.25) is 0 Å². The maximum absolute atomic E-state index is 10.6. The van der Waals surface area contributed by atoms with Crippen molar-refractivity contribution in [2.45, 2.75) is 45.4 Å². The molecule has 86 valence electrons. The van der Waals surface area contributed by atoms with Gasteiger partial charge in [-0.1, -0.05) is 32.3 Å². The van der Waals surface area contributed by atoms with E-state index < -0.39 is 18.4 Å². The Hall–Kier alpha value is -1.32. The quantitative estimate of drug-likeness (QED) is 0.480. The Morgan fingerprint density at radius 3 is 2.27 bits per heavy atom. The van der Waals surface area contributed by atoms with Crippen molar-refractivity contribution in [3.05, 3.63) is 11.6 Å². The number of carboxylic acids is 2. The Labute approximate surface area is 89.6 Å². The lowest BCUT2D eigenvalue weighted by molar-refractivity contribution is -0.139. The molecule has 0 bridgehead atoms. The van der Waals surface area contributed by atoms with E-state index in [1.807, 2.05) is 0 Å². The normalized spacial score (nSPS) is 11.4. The van der Waals surface area contributed by atoms with Gasteiger partial charge < -0.3 is 10.2 Å². The van der Waals surface area contributed by atoms with E-state index >= 15 is 0 Å². The smallest absolute Gasteiger partial charge is 0.331 e. The summed E-state index contributed by atoms with van der Waals surface area (Å²) in [5, 5.41) is 17.2. The standard InChI is InChI=1S/C11H18O4/c1-2-3-4-5-6-7-9(11(14)15)8-10(12)13/h7H,2-6,8H2,1H3,(H,12,13)(H,14,15). The van der Waals surface area contributed by atoms with Crippen molar-refractivity contribution in [1.29, 1.82) is 0 Å². The molecule has 2 N–H and O–H groups in total. The SMILES string of the molecule is CCCCCCC=C(CC(=O)O)C(=O)O. The molecule has 0 rings (SSSR count). The first-order valence-electron chi connectivity index (χ1n) is 5.22. The highest BCUT2D eigenvalue weighted by Gasteiger charge is 2.10. The lowest BCUT2D eigenvalue weighted by atomic mass is 10.1. The number of allylic oxidation sites excluding steroid dienone is 1. The molecule has 0 aliphatic rings. The predicted molar refractivity (Wildman–Crippen MR) is 56.7 cm³/mol. The number of hydrogen-bond acceptors (Lipinski definition) is 2. The number of rotatable bonds is 8. The summed E-state index contributed by atoms with van der Waals surface area (Å²) in [7, 11) is 0. The summed E-state index contributed by atoms with van der Waals surface area (Å²) in [4.78, 5) is 21.0. The van der Waals surface area contributed by atoms with Gasteiger partial charge in [-0.15, -0.1) is 0 Å². The van der Waals surface area contributed by atoms with Gasteiger partial charge in [-0.25, -0.2) is 4.79 Å². The zero-order valence-electron chi connectivity index (χ0n) is 9.03. The molecule has 0 saturated carbocycles. The second kappa shape index (κ2) is 8.03. The van der Waals surface area contributed by atoms with Gasteiger partial charge in [-0.2, -0.15) is 0 Å². The second-order valence-electron chi connectivity index (χ2n) is 3.45. The third-order valence-corrected chi connectivity index (χ3v) is 2.06. The van der Waals surface area contributed by atoms with Crippen LogP contribution in [0.2, 0.25) is 0 Å². The molecule has 0 aliphatic carbocycles. The molecular weight excluding hydrogens is 196 g/mol. The summed E-state index contributed by atoms with van der Waals surface area (Å²) in [6.07, 6.45) is 6.02. The van der Waals surface area contributed by atoms with Crippen molar-refractivity contribution in [3.8, 4) is 0 Å². The molecule has 0 fully saturated rings. The third-order valence-electron chi connectivity index (χ3n) is 2.06. The van der Waals surface area contributed by atoms with Crippen molar-refractivity contribution < 1.29 is 19.8 Å². The van der Waals surface area contributed by atoms with Crippen molar-refractivity contribution in [2.75, 3.05) is 0 Å². The van der Waals surface area contributed by atoms with Crippen LogP contribution < -0.4 is 0 Å². The van der Waals surface area contributed by atoms with Gasteiger partial charge in [0, 0.05) is 5.57 Å². The summed E-state index contributed by atoms with van der Waals surface area (Å²) in [6, 6.07) is 0. The number of unbranched alkanes of at least 4 members (excludes halogenated alkanes) is 4. The molecule has 0 aromatic heterocycles. The Bertz CT molecular complexity index is 243. The van der Waals surface area contributed by atoms with Crippen molar-refractivity contribution >= 4 is 11.9 Å². The first-order chi connectivity index (χ1) is 7.07. The lowest BCUT2D eigenvalue weighted by Crippen LogP contribution is -2.06. The molecule has 0 aliphatic heterocycles. The van der Waals surface area contributed by atoms with E-state index in [2.05, 4.69) is 6.92 Å². The van der Waals surface area contributed by atoms with Gasteiger partial charge in [0.15, 0.2) is 0 Å². The van der Waals surface area contributed by atoms with Crippen LogP contribution in [-0.2, 0) is 9.59 Å². The lowest BCUT2D eigenvalue weighted by Gasteiger charge is -1.99. The molecule has 15 heavy (non-hydrogen) atoms. The summed E-state index contributed by atoms with van der Waals surface area (Å²) < 4.78 is 0. The van der Waals surface area contributed by atoms with Gasteiger partial charge in [-0.05, 0) is 12.8 Å². The Morgan fingerprint density at radius 2 is 1.80 bits per heavy atom. The number of hydrogen-bond donors (Lipinski definition) is 2. The van der Waals surface area contributed by atoms with Gasteiger partial charge >= 0.3 is 11.9 Å².